The fourth-order valence-electron chi connectivity index (χ4n) is 2.46. The van der Waals surface area contributed by atoms with Gasteiger partial charge < -0.3 is 5.11 Å². The number of carboxylic acids is 1. The van der Waals surface area contributed by atoms with E-state index in [0.717, 1.165) is 14.6 Å². The number of nitrogens with zero attached hydrogens (tertiary/aromatic N) is 1. The molecule has 124 valence electrons. The summed E-state index contributed by atoms with van der Waals surface area (Å²) >= 11 is 4.60. The Morgan fingerprint density at radius 1 is 1.25 bits per heavy atom. The van der Waals surface area contributed by atoms with Gasteiger partial charge in [-0.3, -0.25) is 9.78 Å². The van der Waals surface area contributed by atoms with Gasteiger partial charge in [0, 0.05) is 15.4 Å². The van der Waals surface area contributed by atoms with Crippen molar-refractivity contribution < 1.29 is 9.90 Å². The van der Waals surface area contributed by atoms with E-state index in [2.05, 4.69) is 20.9 Å². The van der Waals surface area contributed by atoms with Gasteiger partial charge in [-0.2, -0.15) is 0 Å². The van der Waals surface area contributed by atoms with E-state index in [-0.39, 0.29) is 0 Å². The number of rotatable bonds is 3. The molecule has 8 heteroatoms. The summed E-state index contributed by atoms with van der Waals surface area (Å²) < 4.78 is 1.66. The zero-order valence-corrected chi connectivity index (χ0v) is 15.2. The lowest BCUT2D eigenvalue weighted by Crippen LogP contribution is -2.50. The minimum absolute atomic E-state index is 0.316. The smallest absolute Gasteiger partial charge is 0.330 e. The Hall–Kier alpha value is -2.19. The highest BCUT2D eigenvalue weighted by molar-refractivity contribution is 9.10. The number of benzene rings is 1. The molecule has 0 spiro atoms. The number of aromatic nitrogens is 2. The molecule has 2 heterocycles. The molecule has 0 fully saturated rings. The second kappa shape index (κ2) is 5.71. The van der Waals surface area contributed by atoms with Crippen LogP contribution in [0.25, 0.3) is 21.3 Å². The number of nitrogens with one attached hydrogen (secondary N) is 1. The quantitative estimate of drug-likeness (QED) is 0.696. The van der Waals surface area contributed by atoms with Gasteiger partial charge in [0.25, 0.3) is 5.56 Å². The number of aromatic amines is 1. The Morgan fingerprint density at radius 2 is 1.88 bits per heavy atom. The van der Waals surface area contributed by atoms with Crippen LogP contribution in [-0.4, -0.2) is 20.6 Å². The largest absolute Gasteiger partial charge is 0.480 e. The van der Waals surface area contributed by atoms with E-state index >= 15 is 0 Å². The molecular weight excluding hydrogens is 396 g/mol. The molecule has 0 saturated carbocycles. The second-order valence-corrected chi connectivity index (χ2v) is 7.59. The van der Waals surface area contributed by atoms with Gasteiger partial charge in [0.05, 0.1) is 5.39 Å². The van der Waals surface area contributed by atoms with Crippen LogP contribution in [0, 0.1) is 0 Å². The molecule has 1 aromatic carbocycles. The maximum Gasteiger partial charge on any atom is 0.330 e. The van der Waals surface area contributed by atoms with Gasteiger partial charge >= 0.3 is 11.7 Å². The van der Waals surface area contributed by atoms with Gasteiger partial charge in [-0.05, 0) is 31.5 Å². The zero-order valence-electron chi connectivity index (χ0n) is 12.8. The van der Waals surface area contributed by atoms with Crippen LogP contribution in [-0.2, 0) is 10.3 Å². The number of hydrogen-bond donors (Lipinski definition) is 2. The molecule has 3 rings (SSSR count). The van der Waals surface area contributed by atoms with Gasteiger partial charge in [0.15, 0.2) is 0 Å². The number of H-pyrrole nitrogens is 1. The summed E-state index contributed by atoms with van der Waals surface area (Å²) in [6.45, 7) is 2.65. The molecule has 2 N–H and O–H groups in total. The van der Waals surface area contributed by atoms with Gasteiger partial charge in [-0.15, -0.1) is 11.3 Å². The first-order chi connectivity index (χ1) is 11.2. The third-order valence-corrected chi connectivity index (χ3v) is 5.29. The molecule has 0 aliphatic rings. The maximum atomic E-state index is 12.9. The van der Waals surface area contributed by atoms with Crippen LogP contribution in [0.15, 0.2) is 43.7 Å². The first-order valence-electron chi connectivity index (χ1n) is 7.00. The molecule has 0 amide bonds. The molecular formula is C16H13BrN2O4S. The lowest BCUT2D eigenvalue weighted by molar-refractivity contribution is -0.146. The van der Waals surface area contributed by atoms with Crippen LogP contribution in [0.5, 0.6) is 0 Å². The van der Waals surface area contributed by atoms with E-state index in [4.69, 9.17) is 0 Å². The fourth-order valence-corrected chi connectivity index (χ4v) is 3.68. The van der Waals surface area contributed by atoms with Crippen molar-refractivity contribution in [3.05, 3.63) is 55.0 Å². The van der Waals surface area contributed by atoms with Crippen molar-refractivity contribution >= 4 is 43.5 Å². The summed E-state index contributed by atoms with van der Waals surface area (Å²) in [7, 11) is 0. The van der Waals surface area contributed by atoms with Crippen molar-refractivity contribution in [2.75, 3.05) is 0 Å². The van der Waals surface area contributed by atoms with Gasteiger partial charge in [0.1, 0.15) is 10.4 Å². The summed E-state index contributed by atoms with van der Waals surface area (Å²) in [6, 6.07) is 7.40. The highest BCUT2D eigenvalue weighted by Crippen LogP contribution is 2.31. The van der Waals surface area contributed by atoms with E-state index in [1.54, 1.807) is 5.38 Å². The number of carbonyl (C=O) groups is 1. The van der Waals surface area contributed by atoms with Crippen LogP contribution in [0.3, 0.4) is 0 Å². The molecule has 6 nitrogen and oxygen atoms in total. The minimum atomic E-state index is -1.65. The predicted octanol–water partition coefficient (Wildman–Crippen LogP) is 3.00. The molecule has 0 unspecified atom stereocenters. The molecule has 0 bridgehead atoms. The lowest BCUT2D eigenvalue weighted by Gasteiger charge is -2.21. The van der Waals surface area contributed by atoms with Crippen molar-refractivity contribution in [2.45, 2.75) is 19.4 Å². The highest BCUT2D eigenvalue weighted by Gasteiger charge is 2.33. The second-order valence-electron chi connectivity index (χ2n) is 5.80. The van der Waals surface area contributed by atoms with Crippen molar-refractivity contribution in [3.8, 4) is 11.1 Å². The summed E-state index contributed by atoms with van der Waals surface area (Å²) in [5.74, 6) is -1.25. The molecule has 0 atom stereocenters. The third-order valence-electron chi connectivity index (χ3n) is 3.87. The highest BCUT2D eigenvalue weighted by atomic mass is 79.9. The van der Waals surface area contributed by atoms with Crippen LogP contribution >= 0.6 is 27.3 Å². The van der Waals surface area contributed by atoms with Crippen LogP contribution in [0.4, 0.5) is 0 Å². The van der Waals surface area contributed by atoms with E-state index in [1.807, 2.05) is 24.3 Å². The van der Waals surface area contributed by atoms with Gasteiger partial charge in [-0.25, -0.2) is 14.2 Å². The Balaban J connectivity index is 2.37. The van der Waals surface area contributed by atoms with E-state index < -0.39 is 22.8 Å². The Kier molecular flexibility index (Phi) is 3.97. The average molecular weight is 409 g/mol. The number of carboxylic acid groups (broad SMARTS) is 1. The SMILES string of the molecule is CC(C)(C(=O)O)n1c(=O)[nH]c2scc(-c3ccc(Br)cc3)c2c1=O. The number of fused-ring (bicyclic) bond motifs is 1. The van der Waals surface area contributed by atoms with E-state index in [0.29, 0.717) is 15.8 Å². The molecule has 2 aromatic heterocycles. The molecule has 24 heavy (non-hydrogen) atoms. The Labute approximate surface area is 148 Å². The fraction of sp³-hybridized carbons (Fsp3) is 0.188. The number of hydrogen-bond acceptors (Lipinski definition) is 4. The number of halogens is 1. The topological polar surface area (TPSA) is 92.2 Å². The van der Waals surface area contributed by atoms with Crippen molar-refractivity contribution in [1.82, 2.24) is 9.55 Å². The maximum absolute atomic E-state index is 12.9. The summed E-state index contributed by atoms with van der Waals surface area (Å²) in [5, 5.41) is 11.5. The van der Waals surface area contributed by atoms with Crippen molar-refractivity contribution in [3.63, 3.8) is 0 Å². The zero-order chi connectivity index (χ0) is 17.6. The first kappa shape index (κ1) is 16.7. The molecule has 0 aliphatic carbocycles. The Morgan fingerprint density at radius 3 is 2.46 bits per heavy atom. The monoisotopic (exact) mass is 408 g/mol. The normalized spacial score (nSPS) is 11.8. The molecule has 0 aliphatic heterocycles. The van der Waals surface area contributed by atoms with Crippen LogP contribution in [0.2, 0.25) is 0 Å². The lowest BCUT2D eigenvalue weighted by atomic mass is 10.0. The molecule has 3 aromatic rings. The summed E-state index contributed by atoms with van der Waals surface area (Å²) in [6.07, 6.45) is 0. The molecule has 0 saturated heterocycles. The number of thiophene rings is 1. The predicted molar refractivity (Wildman–Crippen MR) is 96.8 cm³/mol. The minimum Gasteiger partial charge on any atom is -0.480 e. The third kappa shape index (κ3) is 2.51. The Bertz CT molecular complexity index is 1060. The van der Waals surface area contributed by atoms with Gasteiger partial charge in [-0.1, -0.05) is 28.1 Å². The van der Waals surface area contributed by atoms with E-state index in [1.165, 1.54) is 25.2 Å². The first-order valence-corrected chi connectivity index (χ1v) is 8.67. The van der Waals surface area contributed by atoms with E-state index in [9.17, 15) is 19.5 Å². The van der Waals surface area contributed by atoms with Crippen LogP contribution < -0.4 is 11.2 Å². The van der Waals surface area contributed by atoms with Crippen molar-refractivity contribution in [1.29, 1.82) is 0 Å². The number of aliphatic carboxylic acids is 1. The standard InChI is InChI=1S/C16H13BrN2O4S/c1-16(2,14(21)22)19-13(20)11-10(7-24-12(11)18-15(19)23)8-3-5-9(17)6-4-8/h3-7H,1-2H3,(H,18,23)(H,21,22). The van der Waals surface area contributed by atoms with Gasteiger partial charge in [0.2, 0.25) is 0 Å². The van der Waals surface area contributed by atoms with Crippen molar-refractivity contribution in [2.24, 2.45) is 0 Å². The average Bonchev–Trinajstić information content (AvgIpc) is 2.91. The summed E-state index contributed by atoms with van der Waals surface area (Å²) in [4.78, 5) is 39.7. The summed E-state index contributed by atoms with van der Waals surface area (Å²) in [5.41, 5.74) is -1.52. The molecule has 0 radical (unpaired) electrons. The van der Waals surface area contributed by atoms with Crippen LogP contribution in [0.1, 0.15) is 13.8 Å².